The lowest BCUT2D eigenvalue weighted by Crippen LogP contribution is -2.46. The Bertz CT molecular complexity index is 410. The van der Waals surface area contributed by atoms with Crippen LogP contribution in [0.1, 0.15) is 44.1 Å². The molecule has 0 bridgehead atoms. The van der Waals surface area contributed by atoms with Crippen molar-refractivity contribution in [1.29, 1.82) is 0 Å². The molecular formula is C16H23NO. The van der Waals surface area contributed by atoms with Gasteiger partial charge in [0, 0.05) is 5.54 Å². The predicted molar refractivity (Wildman–Crippen MR) is 73.4 cm³/mol. The lowest BCUT2D eigenvalue weighted by atomic mass is 9.72. The summed E-state index contributed by atoms with van der Waals surface area (Å²) in [5.74, 6) is 2.19. The van der Waals surface area contributed by atoms with Crippen molar-refractivity contribution >= 4 is 0 Å². The fourth-order valence-corrected chi connectivity index (χ4v) is 3.59. The Morgan fingerprint density at radius 1 is 1.11 bits per heavy atom. The van der Waals surface area contributed by atoms with E-state index in [9.17, 15) is 5.11 Å². The number of rotatable bonds is 3. The Labute approximate surface area is 109 Å². The SMILES string of the molecule is NC1(Cc2ccc(O)cc2)CCCC(C2CC2)C1. The molecule has 0 heterocycles. The van der Waals surface area contributed by atoms with Gasteiger partial charge in [0.05, 0.1) is 0 Å². The van der Waals surface area contributed by atoms with Gasteiger partial charge in [-0.25, -0.2) is 0 Å². The summed E-state index contributed by atoms with van der Waals surface area (Å²) in [6, 6.07) is 7.54. The fraction of sp³-hybridized carbons (Fsp3) is 0.625. The van der Waals surface area contributed by atoms with Gasteiger partial charge in [-0.3, -0.25) is 0 Å². The van der Waals surface area contributed by atoms with E-state index in [1.165, 1.54) is 37.7 Å². The molecule has 2 aliphatic carbocycles. The van der Waals surface area contributed by atoms with Crippen molar-refractivity contribution in [3.05, 3.63) is 29.8 Å². The number of benzene rings is 1. The molecule has 1 aromatic rings. The van der Waals surface area contributed by atoms with Crippen LogP contribution in [0.25, 0.3) is 0 Å². The second-order valence-corrected chi connectivity index (χ2v) is 6.40. The Kier molecular flexibility index (Phi) is 3.06. The Morgan fingerprint density at radius 2 is 1.83 bits per heavy atom. The van der Waals surface area contributed by atoms with Crippen molar-refractivity contribution < 1.29 is 5.11 Å². The molecule has 0 aliphatic heterocycles. The van der Waals surface area contributed by atoms with Gasteiger partial charge in [-0.1, -0.05) is 25.0 Å². The molecule has 2 saturated carbocycles. The van der Waals surface area contributed by atoms with Crippen LogP contribution in [-0.2, 0) is 6.42 Å². The first kappa shape index (κ1) is 12.0. The first-order valence-corrected chi connectivity index (χ1v) is 7.21. The summed E-state index contributed by atoms with van der Waals surface area (Å²) < 4.78 is 0. The molecule has 0 spiro atoms. The quantitative estimate of drug-likeness (QED) is 0.858. The minimum absolute atomic E-state index is 0.0114. The highest BCUT2D eigenvalue weighted by Crippen LogP contribution is 2.46. The molecule has 3 rings (SSSR count). The molecular weight excluding hydrogens is 222 g/mol. The van der Waals surface area contributed by atoms with Gasteiger partial charge in [0.25, 0.3) is 0 Å². The van der Waals surface area contributed by atoms with Crippen LogP contribution in [0, 0.1) is 11.8 Å². The van der Waals surface area contributed by atoms with Crippen LogP contribution < -0.4 is 5.73 Å². The monoisotopic (exact) mass is 245 g/mol. The van der Waals surface area contributed by atoms with E-state index in [0.717, 1.165) is 24.7 Å². The third-order valence-corrected chi connectivity index (χ3v) is 4.70. The fourth-order valence-electron chi connectivity index (χ4n) is 3.59. The van der Waals surface area contributed by atoms with E-state index < -0.39 is 0 Å². The number of phenols is 1. The van der Waals surface area contributed by atoms with E-state index >= 15 is 0 Å². The highest BCUT2D eigenvalue weighted by atomic mass is 16.3. The molecule has 18 heavy (non-hydrogen) atoms. The maximum atomic E-state index is 9.32. The van der Waals surface area contributed by atoms with Crippen LogP contribution in [0.4, 0.5) is 0 Å². The molecule has 2 unspecified atom stereocenters. The Hall–Kier alpha value is -1.02. The zero-order valence-electron chi connectivity index (χ0n) is 10.9. The van der Waals surface area contributed by atoms with Crippen LogP contribution in [0.2, 0.25) is 0 Å². The summed E-state index contributed by atoms with van der Waals surface area (Å²) in [7, 11) is 0. The van der Waals surface area contributed by atoms with Gasteiger partial charge in [0.15, 0.2) is 0 Å². The largest absolute Gasteiger partial charge is 0.508 e. The predicted octanol–water partition coefficient (Wildman–Crippen LogP) is 3.23. The summed E-state index contributed by atoms with van der Waals surface area (Å²) >= 11 is 0. The zero-order chi connectivity index (χ0) is 12.6. The molecule has 0 saturated heterocycles. The molecule has 0 amide bonds. The maximum Gasteiger partial charge on any atom is 0.115 e. The average molecular weight is 245 g/mol. The molecule has 0 aromatic heterocycles. The number of phenolic OH excluding ortho intramolecular Hbond substituents is 1. The van der Waals surface area contributed by atoms with Gasteiger partial charge in [-0.2, -0.15) is 0 Å². The van der Waals surface area contributed by atoms with Crippen LogP contribution in [-0.4, -0.2) is 10.6 Å². The zero-order valence-corrected chi connectivity index (χ0v) is 10.9. The van der Waals surface area contributed by atoms with E-state index in [0.29, 0.717) is 5.75 Å². The molecule has 1 aromatic carbocycles. The second-order valence-electron chi connectivity index (χ2n) is 6.40. The number of hydrogen-bond acceptors (Lipinski definition) is 2. The summed E-state index contributed by atoms with van der Waals surface area (Å²) in [5, 5.41) is 9.32. The molecule has 2 fully saturated rings. The third kappa shape index (κ3) is 2.69. The van der Waals surface area contributed by atoms with Crippen LogP contribution in [0.15, 0.2) is 24.3 Å². The van der Waals surface area contributed by atoms with Crippen molar-refractivity contribution in [2.75, 3.05) is 0 Å². The average Bonchev–Trinajstić information content (AvgIpc) is 3.16. The summed E-state index contributed by atoms with van der Waals surface area (Å²) in [4.78, 5) is 0. The van der Waals surface area contributed by atoms with Crippen molar-refractivity contribution in [2.45, 2.75) is 50.5 Å². The van der Waals surface area contributed by atoms with E-state index in [2.05, 4.69) is 0 Å². The number of nitrogens with two attached hydrogens (primary N) is 1. The standard InChI is InChI=1S/C16H23NO/c17-16(10-12-3-7-15(18)8-4-12)9-1-2-14(11-16)13-5-6-13/h3-4,7-8,13-14,18H,1-2,5-6,9-11,17H2. The molecule has 2 aliphatic rings. The van der Waals surface area contributed by atoms with E-state index in [-0.39, 0.29) is 5.54 Å². The lowest BCUT2D eigenvalue weighted by Gasteiger charge is -2.38. The van der Waals surface area contributed by atoms with Gasteiger partial charge < -0.3 is 10.8 Å². The van der Waals surface area contributed by atoms with Crippen molar-refractivity contribution in [3.63, 3.8) is 0 Å². The number of aromatic hydroxyl groups is 1. The van der Waals surface area contributed by atoms with Crippen molar-refractivity contribution in [1.82, 2.24) is 0 Å². The lowest BCUT2D eigenvalue weighted by molar-refractivity contribution is 0.204. The minimum atomic E-state index is -0.0114. The van der Waals surface area contributed by atoms with Crippen LogP contribution in [0.5, 0.6) is 5.75 Å². The summed E-state index contributed by atoms with van der Waals surface area (Å²) in [6.45, 7) is 0. The first-order valence-electron chi connectivity index (χ1n) is 7.21. The van der Waals surface area contributed by atoms with E-state index in [4.69, 9.17) is 5.73 Å². The van der Waals surface area contributed by atoms with Gasteiger partial charge in [0.1, 0.15) is 5.75 Å². The molecule has 2 heteroatoms. The first-order chi connectivity index (χ1) is 8.65. The maximum absolute atomic E-state index is 9.32. The molecule has 2 atom stereocenters. The van der Waals surface area contributed by atoms with Gasteiger partial charge in [-0.05, 0) is 61.6 Å². The smallest absolute Gasteiger partial charge is 0.115 e. The normalized spacial score (nSPS) is 32.4. The van der Waals surface area contributed by atoms with Gasteiger partial charge in [0.2, 0.25) is 0 Å². The van der Waals surface area contributed by atoms with E-state index in [1.807, 2.05) is 12.1 Å². The van der Waals surface area contributed by atoms with E-state index in [1.54, 1.807) is 12.1 Å². The van der Waals surface area contributed by atoms with Crippen LogP contribution >= 0.6 is 0 Å². The van der Waals surface area contributed by atoms with Gasteiger partial charge >= 0.3 is 0 Å². The number of hydrogen-bond donors (Lipinski definition) is 2. The summed E-state index contributed by atoms with van der Waals surface area (Å²) in [5.41, 5.74) is 7.87. The van der Waals surface area contributed by atoms with Crippen molar-refractivity contribution in [2.24, 2.45) is 17.6 Å². The highest BCUT2D eigenvalue weighted by Gasteiger charge is 2.39. The molecule has 98 valence electrons. The summed E-state index contributed by atoms with van der Waals surface area (Å²) in [6.07, 6.45) is 8.83. The molecule has 3 N–H and O–H groups in total. The van der Waals surface area contributed by atoms with Crippen molar-refractivity contribution in [3.8, 4) is 5.75 Å². The Balaban J connectivity index is 1.67. The third-order valence-electron chi connectivity index (χ3n) is 4.70. The minimum Gasteiger partial charge on any atom is -0.508 e. The highest BCUT2D eigenvalue weighted by molar-refractivity contribution is 5.27. The molecule has 2 nitrogen and oxygen atoms in total. The second kappa shape index (κ2) is 4.58. The Morgan fingerprint density at radius 3 is 2.50 bits per heavy atom. The topological polar surface area (TPSA) is 46.2 Å². The molecule has 0 radical (unpaired) electrons. The van der Waals surface area contributed by atoms with Gasteiger partial charge in [-0.15, -0.1) is 0 Å². The van der Waals surface area contributed by atoms with Crippen LogP contribution in [0.3, 0.4) is 0 Å².